The monoisotopic (exact) mass is 268 g/mol. The first-order chi connectivity index (χ1) is 9.22. The standard InChI is InChI=1S/C14H12N4S/c1-9-5-3-7-11(15-9)13-17-18-14(19-13)12-8-4-6-10(2)16-12/h3-8H,1-2H3. The average molecular weight is 268 g/mol. The summed E-state index contributed by atoms with van der Waals surface area (Å²) in [6, 6.07) is 11.8. The lowest BCUT2D eigenvalue weighted by atomic mass is 10.3. The molecule has 0 N–H and O–H groups in total. The van der Waals surface area contributed by atoms with Crippen molar-refractivity contribution in [1.29, 1.82) is 0 Å². The van der Waals surface area contributed by atoms with Gasteiger partial charge in [-0.1, -0.05) is 23.5 Å². The fourth-order valence-electron chi connectivity index (χ4n) is 1.75. The van der Waals surface area contributed by atoms with Crippen molar-refractivity contribution in [3.63, 3.8) is 0 Å². The van der Waals surface area contributed by atoms with E-state index < -0.39 is 0 Å². The van der Waals surface area contributed by atoms with Crippen LogP contribution in [0.15, 0.2) is 36.4 Å². The van der Waals surface area contributed by atoms with E-state index in [1.165, 1.54) is 11.3 Å². The zero-order valence-corrected chi connectivity index (χ0v) is 11.5. The third-order valence-corrected chi connectivity index (χ3v) is 3.61. The maximum atomic E-state index is 4.46. The second kappa shape index (κ2) is 4.85. The molecular formula is C14H12N4S. The summed E-state index contributed by atoms with van der Waals surface area (Å²) >= 11 is 1.51. The molecule has 0 fully saturated rings. The SMILES string of the molecule is Cc1cccc(-c2nnc(-c3cccc(C)n3)s2)n1. The van der Waals surface area contributed by atoms with E-state index in [0.717, 1.165) is 32.8 Å². The minimum absolute atomic E-state index is 0.821. The first kappa shape index (κ1) is 11.9. The van der Waals surface area contributed by atoms with E-state index in [-0.39, 0.29) is 0 Å². The number of pyridine rings is 2. The molecule has 5 heteroatoms. The fourth-order valence-corrected chi connectivity index (χ4v) is 2.54. The Balaban J connectivity index is 2.00. The summed E-state index contributed by atoms with van der Waals surface area (Å²) in [6.07, 6.45) is 0. The van der Waals surface area contributed by atoms with Crippen molar-refractivity contribution in [2.24, 2.45) is 0 Å². The molecule has 0 aromatic carbocycles. The number of hydrogen-bond donors (Lipinski definition) is 0. The molecule has 0 amide bonds. The van der Waals surface area contributed by atoms with Crippen LogP contribution in [0.2, 0.25) is 0 Å². The molecule has 0 radical (unpaired) electrons. The van der Waals surface area contributed by atoms with Crippen LogP contribution in [0.4, 0.5) is 0 Å². The van der Waals surface area contributed by atoms with Crippen molar-refractivity contribution in [1.82, 2.24) is 20.2 Å². The van der Waals surface area contributed by atoms with E-state index in [1.807, 2.05) is 50.2 Å². The van der Waals surface area contributed by atoms with Gasteiger partial charge in [-0.2, -0.15) is 0 Å². The summed E-state index contributed by atoms with van der Waals surface area (Å²) < 4.78 is 0. The molecule has 0 atom stereocenters. The van der Waals surface area contributed by atoms with Crippen molar-refractivity contribution in [2.75, 3.05) is 0 Å². The molecule has 0 bridgehead atoms. The molecule has 0 unspecified atom stereocenters. The fraction of sp³-hybridized carbons (Fsp3) is 0.143. The third kappa shape index (κ3) is 2.51. The highest BCUT2D eigenvalue weighted by Crippen LogP contribution is 2.27. The maximum absolute atomic E-state index is 4.46. The second-order valence-electron chi connectivity index (χ2n) is 4.24. The van der Waals surface area contributed by atoms with E-state index in [1.54, 1.807) is 0 Å². The number of rotatable bonds is 2. The smallest absolute Gasteiger partial charge is 0.166 e. The van der Waals surface area contributed by atoms with Gasteiger partial charge < -0.3 is 0 Å². The van der Waals surface area contributed by atoms with Crippen molar-refractivity contribution >= 4 is 11.3 Å². The summed E-state index contributed by atoms with van der Waals surface area (Å²) in [5.41, 5.74) is 3.67. The highest BCUT2D eigenvalue weighted by atomic mass is 32.1. The van der Waals surface area contributed by atoms with Crippen LogP contribution in [0.1, 0.15) is 11.4 Å². The van der Waals surface area contributed by atoms with Crippen LogP contribution in [-0.2, 0) is 0 Å². The van der Waals surface area contributed by atoms with Crippen LogP contribution in [0.25, 0.3) is 21.4 Å². The van der Waals surface area contributed by atoms with Crippen molar-refractivity contribution in [2.45, 2.75) is 13.8 Å². The quantitative estimate of drug-likeness (QED) is 0.715. The van der Waals surface area contributed by atoms with Crippen LogP contribution >= 0.6 is 11.3 Å². The minimum Gasteiger partial charge on any atom is -0.251 e. The predicted octanol–water partition coefficient (Wildman–Crippen LogP) is 3.28. The highest BCUT2D eigenvalue weighted by Gasteiger charge is 2.10. The summed E-state index contributed by atoms with van der Waals surface area (Å²) in [6.45, 7) is 3.93. The van der Waals surface area contributed by atoms with Crippen molar-refractivity contribution in [3.05, 3.63) is 47.8 Å². The molecule has 3 heterocycles. The molecule has 0 aliphatic heterocycles. The molecule has 94 valence electrons. The molecule has 0 aliphatic rings. The Hall–Kier alpha value is -2.14. The van der Waals surface area contributed by atoms with Gasteiger partial charge in [-0.05, 0) is 38.1 Å². The number of aryl methyl sites for hydroxylation is 2. The first-order valence-electron chi connectivity index (χ1n) is 5.94. The second-order valence-corrected chi connectivity index (χ2v) is 5.22. The van der Waals surface area contributed by atoms with Gasteiger partial charge in [0.15, 0.2) is 10.0 Å². The Morgan fingerprint density at radius 3 is 1.63 bits per heavy atom. The van der Waals surface area contributed by atoms with Crippen molar-refractivity contribution < 1.29 is 0 Å². The van der Waals surface area contributed by atoms with E-state index in [0.29, 0.717) is 0 Å². The Morgan fingerprint density at radius 1 is 0.737 bits per heavy atom. The van der Waals surface area contributed by atoms with Crippen LogP contribution in [0.3, 0.4) is 0 Å². The average Bonchev–Trinajstić information content (AvgIpc) is 2.88. The number of nitrogens with zero attached hydrogens (tertiary/aromatic N) is 4. The Labute approximate surface area is 115 Å². The molecule has 4 nitrogen and oxygen atoms in total. The molecule has 3 aromatic heterocycles. The maximum Gasteiger partial charge on any atom is 0.166 e. The Morgan fingerprint density at radius 2 is 1.21 bits per heavy atom. The predicted molar refractivity (Wildman–Crippen MR) is 75.8 cm³/mol. The Bertz CT molecular complexity index is 661. The van der Waals surface area contributed by atoms with E-state index in [2.05, 4.69) is 20.2 Å². The van der Waals surface area contributed by atoms with Gasteiger partial charge in [0, 0.05) is 11.4 Å². The van der Waals surface area contributed by atoms with E-state index in [9.17, 15) is 0 Å². The van der Waals surface area contributed by atoms with Crippen LogP contribution in [0.5, 0.6) is 0 Å². The summed E-state index contributed by atoms with van der Waals surface area (Å²) in [5.74, 6) is 0. The third-order valence-electron chi connectivity index (χ3n) is 2.64. The molecule has 19 heavy (non-hydrogen) atoms. The summed E-state index contributed by atoms with van der Waals surface area (Å²) in [5, 5.41) is 10.0. The van der Waals surface area contributed by atoms with Crippen LogP contribution in [0, 0.1) is 13.8 Å². The molecule has 0 saturated heterocycles. The normalized spacial score (nSPS) is 10.6. The van der Waals surface area contributed by atoms with Gasteiger partial charge in [0.2, 0.25) is 0 Å². The van der Waals surface area contributed by atoms with Crippen LogP contribution < -0.4 is 0 Å². The lowest BCUT2D eigenvalue weighted by Gasteiger charge is -1.96. The topological polar surface area (TPSA) is 51.6 Å². The van der Waals surface area contributed by atoms with Gasteiger partial charge in [-0.25, -0.2) is 0 Å². The largest absolute Gasteiger partial charge is 0.251 e. The van der Waals surface area contributed by atoms with Crippen LogP contribution in [-0.4, -0.2) is 20.2 Å². The minimum atomic E-state index is 0.821. The van der Waals surface area contributed by atoms with Gasteiger partial charge >= 0.3 is 0 Å². The van der Waals surface area contributed by atoms with E-state index in [4.69, 9.17) is 0 Å². The van der Waals surface area contributed by atoms with Gasteiger partial charge in [0.05, 0.1) is 0 Å². The molecule has 3 rings (SSSR count). The lowest BCUT2D eigenvalue weighted by molar-refractivity contribution is 1.07. The summed E-state index contributed by atoms with van der Waals surface area (Å²) in [7, 11) is 0. The molecular weight excluding hydrogens is 256 g/mol. The zero-order valence-electron chi connectivity index (χ0n) is 10.7. The molecule has 0 spiro atoms. The Kier molecular flexibility index (Phi) is 3.05. The van der Waals surface area contributed by atoms with Crippen molar-refractivity contribution in [3.8, 4) is 21.4 Å². The molecule has 0 aliphatic carbocycles. The lowest BCUT2D eigenvalue weighted by Crippen LogP contribution is -1.85. The molecule has 0 saturated carbocycles. The van der Waals surface area contributed by atoms with Gasteiger partial charge in [-0.15, -0.1) is 10.2 Å². The summed E-state index contributed by atoms with van der Waals surface area (Å²) in [4.78, 5) is 8.91. The highest BCUT2D eigenvalue weighted by molar-refractivity contribution is 7.17. The number of hydrogen-bond acceptors (Lipinski definition) is 5. The molecule has 3 aromatic rings. The zero-order chi connectivity index (χ0) is 13.2. The first-order valence-corrected chi connectivity index (χ1v) is 6.75. The van der Waals surface area contributed by atoms with Gasteiger partial charge in [0.1, 0.15) is 11.4 Å². The number of aromatic nitrogens is 4. The van der Waals surface area contributed by atoms with Gasteiger partial charge in [0.25, 0.3) is 0 Å². The van der Waals surface area contributed by atoms with E-state index >= 15 is 0 Å². The van der Waals surface area contributed by atoms with Gasteiger partial charge in [-0.3, -0.25) is 9.97 Å².